The first-order valence-corrected chi connectivity index (χ1v) is 8.18. The lowest BCUT2D eigenvalue weighted by molar-refractivity contribution is -0.118. The number of thioether (sulfide) groups is 1. The molecule has 0 atom stereocenters. The van der Waals surface area contributed by atoms with Gasteiger partial charge in [0.25, 0.3) is 11.7 Å². The van der Waals surface area contributed by atoms with Crippen molar-refractivity contribution < 1.29 is 18.3 Å². The molecule has 3 rings (SSSR count). The van der Waals surface area contributed by atoms with Crippen LogP contribution in [-0.4, -0.2) is 28.5 Å². The van der Waals surface area contributed by atoms with Crippen LogP contribution in [0.3, 0.4) is 0 Å². The number of hydrogen-bond acceptors (Lipinski definition) is 5. The Morgan fingerprint density at radius 2 is 1.92 bits per heavy atom. The number of ether oxygens (including phenoxy) is 1. The predicted molar refractivity (Wildman–Crippen MR) is 92.0 cm³/mol. The maximum atomic E-state index is 12.3. The minimum absolute atomic E-state index is 0.240. The number of hydrogen-bond donors (Lipinski definition) is 1. The molecular formula is C17H13F2N3O2S. The van der Waals surface area contributed by atoms with Crippen LogP contribution >= 0.6 is 11.8 Å². The summed E-state index contributed by atoms with van der Waals surface area (Å²) in [4.78, 5) is 12.4. The van der Waals surface area contributed by atoms with Gasteiger partial charge in [0.15, 0.2) is 6.61 Å². The second-order valence-corrected chi connectivity index (χ2v) is 6.04. The summed E-state index contributed by atoms with van der Waals surface area (Å²) in [6, 6.07) is 13.6. The number of amides is 1. The molecule has 0 fully saturated rings. The third kappa shape index (κ3) is 4.63. The van der Waals surface area contributed by atoms with Crippen molar-refractivity contribution in [2.75, 3.05) is 11.9 Å². The van der Waals surface area contributed by atoms with E-state index in [1.807, 2.05) is 24.3 Å². The lowest BCUT2D eigenvalue weighted by Gasteiger charge is -2.08. The number of nitrogens with one attached hydrogen (secondary N) is 1. The van der Waals surface area contributed by atoms with Crippen molar-refractivity contribution in [3.63, 3.8) is 0 Å². The average Bonchev–Trinajstić information content (AvgIpc) is 2.61. The fourth-order valence-corrected chi connectivity index (χ4v) is 2.66. The Balaban J connectivity index is 1.59. The highest BCUT2D eigenvalue weighted by Gasteiger charge is 2.09. The highest BCUT2D eigenvalue weighted by molar-refractivity contribution is 7.99. The quantitative estimate of drug-likeness (QED) is 0.673. The van der Waals surface area contributed by atoms with Crippen LogP contribution in [0.1, 0.15) is 0 Å². The summed E-state index contributed by atoms with van der Waals surface area (Å²) in [5.41, 5.74) is 0.497. The van der Waals surface area contributed by atoms with E-state index >= 15 is 0 Å². The standard InChI is InChI=1S/C17H13F2N3O2S/c18-17(19)25-13-7-5-12(6-8-13)21-15(23)10-24-16-14-4-2-1-3-11(14)9-20-22-16/h1-9,17H,10H2,(H,21,23). The maximum absolute atomic E-state index is 12.3. The van der Waals surface area contributed by atoms with Crippen molar-refractivity contribution in [1.29, 1.82) is 0 Å². The van der Waals surface area contributed by atoms with E-state index in [2.05, 4.69) is 15.5 Å². The smallest absolute Gasteiger partial charge is 0.288 e. The third-order valence-electron chi connectivity index (χ3n) is 3.24. The first-order chi connectivity index (χ1) is 12.1. The molecule has 8 heteroatoms. The van der Waals surface area contributed by atoms with Gasteiger partial charge in [0.05, 0.1) is 6.20 Å². The van der Waals surface area contributed by atoms with E-state index in [4.69, 9.17) is 4.74 Å². The van der Waals surface area contributed by atoms with E-state index in [1.165, 1.54) is 12.1 Å². The van der Waals surface area contributed by atoms with Crippen molar-refractivity contribution in [2.24, 2.45) is 0 Å². The van der Waals surface area contributed by atoms with E-state index < -0.39 is 5.76 Å². The molecular weight excluding hydrogens is 348 g/mol. The molecule has 3 aromatic rings. The zero-order valence-corrected chi connectivity index (χ0v) is 13.7. The number of aromatic nitrogens is 2. The van der Waals surface area contributed by atoms with Crippen LogP contribution in [0, 0.1) is 0 Å². The van der Waals surface area contributed by atoms with Gasteiger partial charge in [-0.3, -0.25) is 4.79 Å². The Labute approximate surface area is 146 Å². The number of fused-ring (bicyclic) bond motifs is 1. The minimum atomic E-state index is -2.48. The second kappa shape index (κ2) is 7.89. The lowest BCUT2D eigenvalue weighted by atomic mass is 10.2. The fourth-order valence-electron chi connectivity index (χ4n) is 2.16. The van der Waals surface area contributed by atoms with Crippen molar-refractivity contribution in [1.82, 2.24) is 10.2 Å². The molecule has 1 N–H and O–H groups in total. The van der Waals surface area contributed by atoms with Gasteiger partial charge in [0, 0.05) is 21.4 Å². The van der Waals surface area contributed by atoms with Gasteiger partial charge in [0.2, 0.25) is 5.88 Å². The molecule has 128 valence electrons. The predicted octanol–water partition coefficient (Wildman–Crippen LogP) is 3.96. The number of rotatable bonds is 6. The van der Waals surface area contributed by atoms with Gasteiger partial charge in [-0.2, -0.15) is 13.9 Å². The van der Waals surface area contributed by atoms with E-state index in [1.54, 1.807) is 18.3 Å². The first-order valence-electron chi connectivity index (χ1n) is 7.30. The number of halogens is 2. The molecule has 2 aromatic carbocycles. The molecule has 0 saturated heterocycles. The molecule has 1 amide bonds. The molecule has 0 aliphatic rings. The van der Waals surface area contributed by atoms with Crippen LogP contribution in [0.15, 0.2) is 59.6 Å². The van der Waals surface area contributed by atoms with Crippen molar-refractivity contribution >= 4 is 34.1 Å². The molecule has 25 heavy (non-hydrogen) atoms. The van der Waals surface area contributed by atoms with E-state index in [0.717, 1.165) is 10.8 Å². The number of carbonyl (C=O) groups is 1. The summed E-state index contributed by atoms with van der Waals surface area (Å²) in [5.74, 6) is -2.59. The topological polar surface area (TPSA) is 64.1 Å². The van der Waals surface area contributed by atoms with Gasteiger partial charge >= 0.3 is 0 Å². The third-order valence-corrected chi connectivity index (χ3v) is 3.96. The molecule has 0 radical (unpaired) electrons. The van der Waals surface area contributed by atoms with Gasteiger partial charge < -0.3 is 10.1 Å². The van der Waals surface area contributed by atoms with Crippen LogP contribution in [0.4, 0.5) is 14.5 Å². The zero-order valence-electron chi connectivity index (χ0n) is 12.9. The molecule has 0 saturated carbocycles. The van der Waals surface area contributed by atoms with Crippen molar-refractivity contribution in [3.05, 3.63) is 54.7 Å². The molecule has 0 unspecified atom stereocenters. The molecule has 0 aliphatic carbocycles. The van der Waals surface area contributed by atoms with Crippen molar-refractivity contribution in [2.45, 2.75) is 10.7 Å². The van der Waals surface area contributed by atoms with E-state index in [9.17, 15) is 13.6 Å². The number of carbonyl (C=O) groups excluding carboxylic acids is 1. The van der Waals surface area contributed by atoms with Crippen LogP contribution in [0.5, 0.6) is 5.88 Å². The lowest BCUT2D eigenvalue weighted by Crippen LogP contribution is -2.20. The number of benzene rings is 2. The highest BCUT2D eigenvalue weighted by Crippen LogP contribution is 2.26. The van der Waals surface area contributed by atoms with Gasteiger partial charge in [-0.05, 0) is 30.3 Å². The number of nitrogens with zero attached hydrogens (tertiary/aromatic N) is 2. The first kappa shape index (κ1) is 17.1. The van der Waals surface area contributed by atoms with Gasteiger partial charge in [-0.15, -0.1) is 5.10 Å². The summed E-state index contributed by atoms with van der Waals surface area (Å²) in [6.45, 7) is -0.240. The zero-order chi connectivity index (χ0) is 17.6. The van der Waals surface area contributed by atoms with E-state index in [-0.39, 0.29) is 18.4 Å². The summed E-state index contributed by atoms with van der Waals surface area (Å²) >= 11 is 0.449. The summed E-state index contributed by atoms with van der Waals surface area (Å²) in [7, 11) is 0. The summed E-state index contributed by atoms with van der Waals surface area (Å²) in [6.07, 6.45) is 1.61. The van der Waals surface area contributed by atoms with E-state index in [0.29, 0.717) is 22.3 Å². The Morgan fingerprint density at radius 3 is 2.68 bits per heavy atom. The maximum Gasteiger partial charge on any atom is 0.288 e. The molecule has 0 spiro atoms. The molecule has 1 heterocycles. The largest absolute Gasteiger partial charge is 0.466 e. The second-order valence-electron chi connectivity index (χ2n) is 4.98. The minimum Gasteiger partial charge on any atom is -0.466 e. The molecule has 5 nitrogen and oxygen atoms in total. The SMILES string of the molecule is O=C(COc1nncc2ccccc12)Nc1ccc(SC(F)F)cc1. The Hall–Kier alpha value is -2.74. The Bertz CT molecular complexity index is 870. The van der Waals surface area contributed by atoms with Gasteiger partial charge in [-0.25, -0.2) is 0 Å². The van der Waals surface area contributed by atoms with Crippen molar-refractivity contribution in [3.8, 4) is 5.88 Å². The molecule has 0 bridgehead atoms. The van der Waals surface area contributed by atoms with Crippen LogP contribution in [0.25, 0.3) is 10.8 Å². The van der Waals surface area contributed by atoms with Crippen LogP contribution < -0.4 is 10.1 Å². The Kier molecular flexibility index (Phi) is 5.39. The summed E-state index contributed by atoms with van der Waals surface area (Å²) < 4.78 is 30.0. The molecule has 0 aliphatic heterocycles. The van der Waals surface area contributed by atoms with Gasteiger partial charge in [-0.1, -0.05) is 30.0 Å². The summed E-state index contributed by atoms with van der Waals surface area (Å²) in [5, 5.41) is 12.0. The highest BCUT2D eigenvalue weighted by atomic mass is 32.2. The van der Waals surface area contributed by atoms with Crippen LogP contribution in [0.2, 0.25) is 0 Å². The monoisotopic (exact) mass is 361 g/mol. The van der Waals surface area contributed by atoms with Gasteiger partial charge in [0.1, 0.15) is 0 Å². The normalized spacial score (nSPS) is 10.8. The molecule has 1 aromatic heterocycles. The Morgan fingerprint density at radius 1 is 1.16 bits per heavy atom. The van der Waals surface area contributed by atoms with Crippen LogP contribution in [-0.2, 0) is 4.79 Å². The average molecular weight is 361 g/mol. The number of alkyl halides is 2. The fraction of sp³-hybridized carbons (Fsp3) is 0.118. The number of anilines is 1.